The molecular weight excluding hydrogens is 350 g/mol. The van der Waals surface area contributed by atoms with Crippen LogP contribution in [0, 0.1) is 0 Å². The first kappa shape index (κ1) is 16.3. The Balaban J connectivity index is 1.49. The summed E-state index contributed by atoms with van der Waals surface area (Å²) in [6.45, 7) is 0.500. The highest BCUT2D eigenvalue weighted by molar-refractivity contribution is 7.00. The number of carbonyl (C=O) groups is 1. The van der Waals surface area contributed by atoms with Crippen molar-refractivity contribution in [2.75, 3.05) is 7.05 Å². The molecule has 0 aliphatic heterocycles. The third kappa shape index (κ3) is 3.16. The van der Waals surface area contributed by atoms with E-state index in [0.717, 1.165) is 22.2 Å². The number of tetrazole rings is 1. The highest BCUT2D eigenvalue weighted by atomic mass is 32.1. The van der Waals surface area contributed by atoms with E-state index in [2.05, 4.69) is 24.2 Å². The molecule has 1 amide bonds. The number of carbonyl (C=O) groups excluding carboxylic acids is 1. The lowest BCUT2D eigenvalue weighted by molar-refractivity contribution is 0.0785. The predicted octanol–water partition coefficient (Wildman–Crippen LogP) is 2.15. The first-order valence-electron chi connectivity index (χ1n) is 7.91. The molecule has 0 fully saturated rings. The van der Waals surface area contributed by atoms with E-state index in [1.807, 2.05) is 30.3 Å². The van der Waals surface area contributed by atoms with Crippen molar-refractivity contribution in [1.29, 1.82) is 0 Å². The Morgan fingerprint density at radius 1 is 1.12 bits per heavy atom. The quantitative estimate of drug-likeness (QED) is 0.550. The molecule has 0 radical (unpaired) electrons. The minimum absolute atomic E-state index is 0.0554. The zero-order chi connectivity index (χ0) is 18.1. The summed E-state index contributed by atoms with van der Waals surface area (Å²) in [5.41, 5.74) is 4.17. The van der Waals surface area contributed by atoms with Crippen molar-refractivity contribution in [3.63, 3.8) is 0 Å². The lowest BCUT2D eigenvalue weighted by Crippen LogP contribution is -2.26. The first-order valence-corrected chi connectivity index (χ1v) is 8.64. The van der Waals surface area contributed by atoms with E-state index in [0.29, 0.717) is 17.9 Å². The fraction of sp³-hybridized carbons (Fsp3) is 0.176. The second-order valence-corrected chi connectivity index (χ2v) is 6.46. The van der Waals surface area contributed by atoms with Crippen LogP contribution in [0.4, 0.5) is 0 Å². The van der Waals surface area contributed by atoms with Gasteiger partial charge in [0, 0.05) is 24.7 Å². The molecular formula is C17H15N7OS. The summed E-state index contributed by atoms with van der Waals surface area (Å²) in [6, 6.07) is 13.1. The lowest BCUT2D eigenvalue weighted by atomic mass is 10.1. The van der Waals surface area contributed by atoms with Gasteiger partial charge in [0.25, 0.3) is 5.91 Å². The average molecular weight is 365 g/mol. The van der Waals surface area contributed by atoms with Crippen molar-refractivity contribution in [3.05, 3.63) is 53.6 Å². The fourth-order valence-corrected chi connectivity index (χ4v) is 3.17. The van der Waals surface area contributed by atoms with Crippen LogP contribution in [0.2, 0.25) is 0 Å². The largest absolute Gasteiger partial charge is 0.337 e. The van der Waals surface area contributed by atoms with Crippen LogP contribution in [0.25, 0.3) is 22.4 Å². The maximum absolute atomic E-state index is 12.7. The van der Waals surface area contributed by atoms with Crippen LogP contribution in [0.1, 0.15) is 15.9 Å². The Labute approximate surface area is 153 Å². The molecule has 4 aromatic rings. The van der Waals surface area contributed by atoms with Gasteiger partial charge in [0.2, 0.25) is 5.82 Å². The number of hydrogen-bond acceptors (Lipinski definition) is 7. The Hall–Kier alpha value is -3.20. The number of benzene rings is 2. The van der Waals surface area contributed by atoms with E-state index < -0.39 is 0 Å². The highest BCUT2D eigenvalue weighted by Gasteiger charge is 2.14. The number of fused-ring (bicyclic) bond motifs is 1. The summed E-state index contributed by atoms with van der Waals surface area (Å²) in [6.07, 6.45) is 0. The molecule has 0 saturated heterocycles. The van der Waals surface area contributed by atoms with Gasteiger partial charge >= 0.3 is 0 Å². The van der Waals surface area contributed by atoms with Crippen LogP contribution in [0.5, 0.6) is 0 Å². The molecule has 0 spiro atoms. The fourth-order valence-electron chi connectivity index (χ4n) is 2.65. The summed E-state index contributed by atoms with van der Waals surface area (Å²) in [5, 5.41) is 11.9. The van der Waals surface area contributed by atoms with Gasteiger partial charge in [-0.15, -0.1) is 10.2 Å². The molecule has 9 heteroatoms. The zero-order valence-corrected chi connectivity index (χ0v) is 15.0. The van der Waals surface area contributed by atoms with Gasteiger partial charge in [-0.05, 0) is 35.0 Å². The van der Waals surface area contributed by atoms with Crippen LogP contribution in [-0.2, 0) is 13.6 Å². The summed E-state index contributed by atoms with van der Waals surface area (Å²) >= 11 is 1.19. The number of hydrogen-bond donors (Lipinski definition) is 0. The average Bonchev–Trinajstić information content (AvgIpc) is 3.29. The number of amides is 1. The van der Waals surface area contributed by atoms with E-state index in [1.165, 1.54) is 16.5 Å². The van der Waals surface area contributed by atoms with Crippen molar-refractivity contribution >= 4 is 28.7 Å². The zero-order valence-electron chi connectivity index (χ0n) is 14.2. The van der Waals surface area contributed by atoms with Crippen LogP contribution in [0.3, 0.4) is 0 Å². The van der Waals surface area contributed by atoms with Crippen LogP contribution in [0.15, 0.2) is 42.5 Å². The van der Waals surface area contributed by atoms with Gasteiger partial charge < -0.3 is 4.90 Å². The Morgan fingerprint density at radius 3 is 2.62 bits per heavy atom. The molecule has 0 atom stereocenters. The van der Waals surface area contributed by atoms with Gasteiger partial charge in [-0.1, -0.05) is 18.2 Å². The maximum Gasteiger partial charge on any atom is 0.253 e. The Bertz CT molecular complexity index is 1070. The molecule has 0 N–H and O–H groups in total. The topological polar surface area (TPSA) is 89.7 Å². The minimum Gasteiger partial charge on any atom is -0.337 e. The Kier molecular flexibility index (Phi) is 4.13. The molecule has 8 nitrogen and oxygen atoms in total. The molecule has 2 aromatic heterocycles. The van der Waals surface area contributed by atoms with Crippen molar-refractivity contribution in [3.8, 4) is 11.4 Å². The molecule has 0 aliphatic carbocycles. The molecule has 130 valence electrons. The van der Waals surface area contributed by atoms with Crippen molar-refractivity contribution in [1.82, 2.24) is 33.9 Å². The van der Waals surface area contributed by atoms with E-state index in [-0.39, 0.29) is 5.91 Å². The van der Waals surface area contributed by atoms with E-state index in [1.54, 1.807) is 31.1 Å². The summed E-state index contributed by atoms with van der Waals surface area (Å²) in [5.74, 6) is 0.477. The van der Waals surface area contributed by atoms with Gasteiger partial charge in [-0.25, -0.2) is 0 Å². The monoisotopic (exact) mass is 365 g/mol. The molecule has 0 bridgehead atoms. The molecule has 4 rings (SSSR count). The van der Waals surface area contributed by atoms with Crippen molar-refractivity contribution < 1.29 is 4.79 Å². The molecule has 2 heterocycles. The summed E-state index contributed by atoms with van der Waals surface area (Å²) in [4.78, 5) is 15.7. The van der Waals surface area contributed by atoms with E-state index in [4.69, 9.17) is 0 Å². The van der Waals surface area contributed by atoms with Crippen molar-refractivity contribution in [2.45, 2.75) is 6.54 Å². The van der Waals surface area contributed by atoms with E-state index in [9.17, 15) is 4.79 Å². The van der Waals surface area contributed by atoms with Gasteiger partial charge in [-0.3, -0.25) is 4.79 Å². The minimum atomic E-state index is -0.0554. The second-order valence-electron chi connectivity index (χ2n) is 5.93. The van der Waals surface area contributed by atoms with Crippen LogP contribution in [-0.4, -0.2) is 46.8 Å². The summed E-state index contributed by atoms with van der Waals surface area (Å²) in [7, 11) is 3.49. The SMILES string of the molecule is CN(Cc1ccc2nsnc2c1)C(=O)c1ccc(-c2nnn(C)n2)cc1. The molecule has 0 saturated carbocycles. The van der Waals surface area contributed by atoms with Gasteiger partial charge in [0.15, 0.2) is 0 Å². The molecule has 2 aromatic carbocycles. The summed E-state index contributed by atoms with van der Waals surface area (Å²) < 4.78 is 8.43. The predicted molar refractivity (Wildman–Crippen MR) is 97.4 cm³/mol. The van der Waals surface area contributed by atoms with Crippen LogP contribution < -0.4 is 0 Å². The number of nitrogens with zero attached hydrogens (tertiary/aromatic N) is 7. The normalized spacial score (nSPS) is 11.0. The van der Waals surface area contributed by atoms with Crippen LogP contribution >= 0.6 is 11.7 Å². The molecule has 0 aliphatic rings. The van der Waals surface area contributed by atoms with Crippen molar-refractivity contribution in [2.24, 2.45) is 7.05 Å². The molecule has 0 unspecified atom stereocenters. The highest BCUT2D eigenvalue weighted by Crippen LogP contribution is 2.18. The number of aryl methyl sites for hydroxylation is 1. The van der Waals surface area contributed by atoms with Gasteiger partial charge in [0.05, 0.1) is 18.8 Å². The molecule has 26 heavy (non-hydrogen) atoms. The Morgan fingerprint density at radius 2 is 1.88 bits per heavy atom. The third-order valence-electron chi connectivity index (χ3n) is 3.98. The second kappa shape index (κ2) is 6.60. The maximum atomic E-state index is 12.7. The number of rotatable bonds is 4. The smallest absolute Gasteiger partial charge is 0.253 e. The van der Waals surface area contributed by atoms with Gasteiger partial charge in [0.1, 0.15) is 11.0 Å². The first-order chi connectivity index (χ1) is 12.6. The van der Waals surface area contributed by atoms with Gasteiger partial charge in [-0.2, -0.15) is 13.5 Å². The lowest BCUT2D eigenvalue weighted by Gasteiger charge is -2.17. The standard InChI is InChI=1S/C17H15N7OS/c1-23(10-11-3-8-14-15(9-11)21-26-20-14)17(25)13-6-4-12(5-7-13)16-18-22-24(2)19-16/h3-9H,10H2,1-2H3. The number of aromatic nitrogens is 6. The third-order valence-corrected chi connectivity index (χ3v) is 4.54. The van der Waals surface area contributed by atoms with E-state index >= 15 is 0 Å².